The Morgan fingerprint density at radius 1 is 0.919 bits per heavy atom. The summed E-state index contributed by atoms with van der Waals surface area (Å²) in [5.41, 5.74) is 2.62. The molecular weight excluding hydrogens is 470 g/mol. The minimum atomic E-state index is -0.264. The maximum atomic E-state index is 13.6. The Bertz CT molecular complexity index is 1120. The van der Waals surface area contributed by atoms with Crippen molar-refractivity contribution in [2.75, 3.05) is 31.6 Å². The lowest BCUT2D eigenvalue weighted by Gasteiger charge is -2.37. The summed E-state index contributed by atoms with van der Waals surface area (Å²) < 4.78 is 32.8. The molecule has 6 heteroatoms. The molecule has 4 nitrogen and oxygen atoms in total. The normalized spacial score (nSPS) is 15.5. The van der Waals surface area contributed by atoms with E-state index in [2.05, 4.69) is 10.2 Å². The molecule has 3 aromatic rings. The first kappa shape index (κ1) is 26.8. The summed E-state index contributed by atoms with van der Waals surface area (Å²) >= 11 is 0. The minimum Gasteiger partial charge on any atom is -0.494 e. The molecule has 3 aromatic carbocycles. The van der Waals surface area contributed by atoms with Gasteiger partial charge in [-0.3, -0.25) is 4.79 Å². The molecule has 1 unspecified atom stereocenters. The molecule has 1 atom stereocenters. The van der Waals surface area contributed by atoms with Gasteiger partial charge in [-0.15, -0.1) is 0 Å². The molecular formula is C31H36F2N2O2. The van der Waals surface area contributed by atoms with Gasteiger partial charge in [0.25, 0.3) is 0 Å². The Balaban J connectivity index is 1.26. The largest absolute Gasteiger partial charge is 0.494 e. The van der Waals surface area contributed by atoms with E-state index in [1.807, 2.05) is 50.2 Å². The van der Waals surface area contributed by atoms with Crippen LogP contribution in [-0.4, -0.2) is 36.9 Å². The number of nitrogens with one attached hydrogen (secondary N) is 1. The Kier molecular flexibility index (Phi) is 9.29. The summed E-state index contributed by atoms with van der Waals surface area (Å²) in [7, 11) is 0. The van der Waals surface area contributed by atoms with Gasteiger partial charge < -0.3 is 15.0 Å². The van der Waals surface area contributed by atoms with Gasteiger partial charge in [-0.05, 0) is 104 Å². The van der Waals surface area contributed by atoms with Crippen molar-refractivity contribution in [2.45, 2.75) is 39.2 Å². The average molecular weight is 507 g/mol. The van der Waals surface area contributed by atoms with Crippen molar-refractivity contribution in [1.82, 2.24) is 4.90 Å². The van der Waals surface area contributed by atoms with Crippen LogP contribution in [0.1, 0.15) is 55.1 Å². The number of halogens is 2. The van der Waals surface area contributed by atoms with Crippen molar-refractivity contribution in [3.63, 3.8) is 0 Å². The van der Waals surface area contributed by atoms with Crippen molar-refractivity contribution in [1.29, 1.82) is 0 Å². The first-order valence-corrected chi connectivity index (χ1v) is 13.2. The number of rotatable bonds is 11. The highest BCUT2D eigenvalue weighted by atomic mass is 19.1. The number of benzene rings is 3. The SMILES string of the molecule is CC(C)C(=O)c1ccc(OCCCN2CCC(C(Nc3ccc(F)cc3)c3ccc(F)cc3)CC2)cc1. The third-order valence-electron chi connectivity index (χ3n) is 7.05. The van der Waals surface area contributed by atoms with Gasteiger partial charge in [-0.25, -0.2) is 8.78 Å². The molecule has 0 amide bonds. The zero-order valence-electron chi connectivity index (χ0n) is 21.6. The monoisotopic (exact) mass is 506 g/mol. The van der Waals surface area contributed by atoms with Crippen LogP contribution >= 0.6 is 0 Å². The fourth-order valence-corrected chi connectivity index (χ4v) is 4.91. The van der Waals surface area contributed by atoms with Crippen LogP contribution in [0.5, 0.6) is 5.75 Å². The smallest absolute Gasteiger partial charge is 0.165 e. The van der Waals surface area contributed by atoms with Crippen molar-refractivity contribution in [2.24, 2.45) is 11.8 Å². The standard InChI is InChI=1S/C31H36F2N2O2/c1-22(2)31(36)25-6-14-29(15-7-25)37-21-3-18-35-19-16-24(17-20-35)30(23-4-8-26(32)9-5-23)34-28-12-10-27(33)11-13-28/h4-15,22,24,30,34H,3,16-21H2,1-2H3. The van der Waals surface area contributed by atoms with E-state index < -0.39 is 0 Å². The van der Waals surface area contributed by atoms with Crippen molar-refractivity contribution < 1.29 is 18.3 Å². The number of nitrogens with zero attached hydrogens (tertiary/aromatic N) is 1. The fourth-order valence-electron chi connectivity index (χ4n) is 4.91. The predicted molar refractivity (Wildman–Crippen MR) is 144 cm³/mol. The summed E-state index contributed by atoms with van der Waals surface area (Å²) in [5.74, 6) is 0.786. The highest BCUT2D eigenvalue weighted by Crippen LogP contribution is 2.34. The molecule has 0 aromatic heterocycles. The van der Waals surface area contributed by atoms with Crippen LogP contribution in [0.4, 0.5) is 14.5 Å². The molecule has 1 aliphatic rings. The van der Waals surface area contributed by atoms with Gasteiger partial charge in [0.05, 0.1) is 12.6 Å². The van der Waals surface area contributed by atoms with E-state index in [0.29, 0.717) is 12.5 Å². The second kappa shape index (κ2) is 12.8. The second-order valence-corrected chi connectivity index (χ2v) is 10.1. The van der Waals surface area contributed by atoms with Crippen LogP contribution in [0, 0.1) is 23.5 Å². The van der Waals surface area contributed by atoms with Gasteiger partial charge in [0, 0.05) is 23.7 Å². The molecule has 0 aliphatic carbocycles. The van der Waals surface area contributed by atoms with Gasteiger partial charge in [0.2, 0.25) is 0 Å². The molecule has 4 rings (SSSR count). The molecule has 1 heterocycles. The number of ketones is 1. The van der Waals surface area contributed by atoms with Crippen molar-refractivity contribution in [3.8, 4) is 5.75 Å². The number of ether oxygens (including phenoxy) is 1. The number of Topliss-reactive ketones (excluding diaryl/α,β-unsaturated/α-hetero) is 1. The molecule has 196 valence electrons. The first-order valence-electron chi connectivity index (χ1n) is 13.2. The summed E-state index contributed by atoms with van der Waals surface area (Å²) in [6.07, 6.45) is 2.96. The number of hydrogen-bond donors (Lipinski definition) is 1. The summed E-state index contributed by atoms with van der Waals surface area (Å²) in [5, 5.41) is 3.57. The van der Waals surface area contributed by atoms with E-state index in [9.17, 15) is 13.6 Å². The van der Waals surface area contributed by atoms with E-state index in [1.54, 1.807) is 12.1 Å². The zero-order chi connectivity index (χ0) is 26.2. The molecule has 1 saturated heterocycles. The molecule has 0 bridgehead atoms. The average Bonchev–Trinajstić information content (AvgIpc) is 2.92. The lowest BCUT2D eigenvalue weighted by Crippen LogP contribution is -2.38. The Hall–Kier alpha value is -3.25. The number of anilines is 1. The van der Waals surface area contributed by atoms with Crippen LogP contribution in [0.15, 0.2) is 72.8 Å². The van der Waals surface area contributed by atoms with Gasteiger partial charge in [-0.1, -0.05) is 26.0 Å². The Morgan fingerprint density at radius 2 is 1.51 bits per heavy atom. The highest BCUT2D eigenvalue weighted by molar-refractivity contribution is 5.97. The minimum absolute atomic E-state index is 0.0134. The van der Waals surface area contributed by atoms with Gasteiger partial charge in [0.15, 0.2) is 5.78 Å². The van der Waals surface area contributed by atoms with Crippen molar-refractivity contribution >= 4 is 11.5 Å². The number of hydrogen-bond acceptors (Lipinski definition) is 4. The topological polar surface area (TPSA) is 41.6 Å². The molecule has 37 heavy (non-hydrogen) atoms. The molecule has 0 saturated carbocycles. The van der Waals surface area contributed by atoms with Crippen molar-refractivity contribution in [3.05, 3.63) is 95.6 Å². The van der Waals surface area contributed by atoms with Crippen LogP contribution in [0.25, 0.3) is 0 Å². The molecule has 0 spiro atoms. The molecule has 1 N–H and O–H groups in total. The van der Waals surface area contributed by atoms with E-state index in [0.717, 1.165) is 61.5 Å². The van der Waals surface area contributed by atoms with E-state index >= 15 is 0 Å². The lowest BCUT2D eigenvalue weighted by atomic mass is 9.85. The summed E-state index contributed by atoms with van der Waals surface area (Å²) in [6.45, 7) is 7.37. The quantitative estimate of drug-likeness (QED) is 0.222. The van der Waals surface area contributed by atoms with Crippen LogP contribution in [0.2, 0.25) is 0 Å². The van der Waals surface area contributed by atoms with Gasteiger partial charge >= 0.3 is 0 Å². The second-order valence-electron chi connectivity index (χ2n) is 10.1. The van der Waals surface area contributed by atoms with Crippen LogP contribution < -0.4 is 10.1 Å². The first-order chi connectivity index (χ1) is 17.9. The third kappa shape index (κ3) is 7.62. The highest BCUT2D eigenvalue weighted by Gasteiger charge is 2.28. The maximum Gasteiger partial charge on any atom is 0.165 e. The Labute approximate surface area is 218 Å². The van der Waals surface area contributed by atoms with E-state index in [4.69, 9.17) is 4.74 Å². The third-order valence-corrected chi connectivity index (χ3v) is 7.05. The fraction of sp³-hybridized carbons (Fsp3) is 0.387. The number of carbonyl (C=O) groups excluding carboxylic acids is 1. The summed E-state index contributed by atoms with van der Waals surface area (Å²) in [6, 6.07) is 20.5. The molecule has 1 fully saturated rings. The van der Waals surface area contributed by atoms with Crippen LogP contribution in [0.3, 0.4) is 0 Å². The number of carbonyl (C=O) groups is 1. The summed E-state index contributed by atoms with van der Waals surface area (Å²) in [4.78, 5) is 14.5. The number of piperidine rings is 1. The maximum absolute atomic E-state index is 13.6. The predicted octanol–water partition coefficient (Wildman–Crippen LogP) is 7.14. The molecule has 0 radical (unpaired) electrons. The zero-order valence-corrected chi connectivity index (χ0v) is 21.6. The van der Waals surface area contributed by atoms with E-state index in [-0.39, 0.29) is 29.4 Å². The Morgan fingerprint density at radius 3 is 2.11 bits per heavy atom. The van der Waals surface area contributed by atoms with Gasteiger partial charge in [-0.2, -0.15) is 0 Å². The number of likely N-dealkylation sites (tertiary alicyclic amines) is 1. The van der Waals surface area contributed by atoms with E-state index in [1.165, 1.54) is 24.3 Å². The van der Waals surface area contributed by atoms with Crippen LogP contribution in [-0.2, 0) is 0 Å². The molecule has 1 aliphatic heterocycles. The van der Waals surface area contributed by atoms with Gasteiger partial charge in [0.1, 0.15) is 17.4 Å². The lowest BCUT2D eigenvalue weighted by molar-refractivity contribution is 0.0939.